The van der Waals surface area contributed by atoms with Crippen LogP contribution >= 0.6 is 0 Å². The van der Waals surface area contributed by atoms with E-state index in [-0.39, 0.29) is 24.3 Å². The monoisotopic (exact) mass is 229 g/mol. The Labute approximate surface area is 91.7 Å². The molecule has 0 aliphatic carbocycles. The van der Waals surface area contributed by atoms with Crippen molar-refractivity contribution in [3.05, 3.63) is 17.7 Å². The first-order chi connectivity index (χ1) is 7.63. The number of halogens is 2. The van der Waals surface area contributed by atoms with Gasteiger partial charge in [0.1, 0.15) is 0 Å². The lowest BCUT2D eigenvalue weighted by Gasteiger charge is -2.24. The van der Waals surface area contributed by atoms with Gasteiger partial charge in [-0.2, -0.15) is 0 Å². The van der Waals surface area contributed by atoms with Crippen molar-refractivity contribution in [1.82, 2.24) is 4.98 Å². The van der Waals surface area contributed by atoms with Gasteiger partial charge >= 0.3 is 0 Å². The minimum Gasteiger partial charge on any atom is -0.394 e. The summed E-state index contributed by atoms with van der Waals surface area (Å²) in [5, 5.41) is 9.12. The number of aliphatic hydroxyl groups is 1. The fourth-order valence-corrected chi connectivity index (χ4v) is 1.98. The van der Waals surface area contributed by atoms with Crippen LogP contribution < -0.4 is 10.6 Å². The summed E-state index contributed by atoms with van der Waals surface area (Å²) in [7, 11) is 0. The molecule has 1 aliphatic rings. The van der Waals surface area contributed by atoms with E-state index < -0.39 is 11.6 Å². The van der Waals surface area contributed by atoms with Crippen LogP contribution in [0.5, 0.6) is 0 Å². The van der Waals surface area contributed by atoms with Crippen molar-refractivity contribution in [3.63, 3.8) is 0 Å². The molecule has 1 aromatic heterocycles. The Kier molecular flexibility index (Phi) is 2.91. The number of nitrogens with two attached hydrogens (primary N) is 1. The number of nitrogens with zero attached hydrogens (tertiary/aromatic N) is 2. The summed E-state index contributed by atoms with van der Waals surface area (Å²) in [6.45, 7) is 0.526. The maximum atomic E-state index is 13.5. The number of rotatable bonds is 2. The van der Waals surface area contributed by atoms with Gasteiger partial charge in [-0.3, -0.25) is 0 Å². The van der Waals surface area contributed by atoms with Gasteiger partial charge in [-0.15, -0.1) is 0 Å². The third kappa shape index (κ3) is 1.80. The summed E-state index contributed by atoms with van der Waals surface area (Å²) in [6.07, 6.45) is 1.62. The molecule has 0 amide bonds. The maximum Gasteiger partial charge on any atom is 0.168 e. The molecule has 1 aromatic rings. The highest BCUT2D eigenvalue weighted by molar-refractivity contribution is 5.48. The van der Waals surface area contributed by atoms with E-state index in [0.717, 1.165) is 18.9 Å². The number of aliphatic hydroxyl groups excluding tert-OH is 1. The number of nitrogen functional groups attached to an aromatic ring is 1. The standard InChI is InChI=1S/C10H13F2N3O/c11-7-4-8(12)10(14-9(7)13)15-3-1-2-6(15)5-16/h4,6,16H,1-3,5H2,(H2,13,14). The second kappa shape index (κ2) is 4.21. The lowest BCUT2D eigenvalue weighted by molar-refractivity contribution is 0.265. The number of hydrogen-bond donors (Lipinski definition) is 2. The molecule has 3 N–H and O–H groups in total. The minimum absolute atomic E-state index is 0.0236. The maximum absolute atomic E-state index is 13.5. The van der Waals surface area contributed by atoms with Gasteiger partial charge in [0, 0.05) is 12.6 Å². The van der Waals surface area contributed by atoms with Crippen molar-refractivity contribution >= 4 is 11.6 Å². The first-order valence-electron chi connectivity index (χ1n) is 5.12. The number of anilines is 2. The van der Waals surface area contributed by atoms with Crippen LogP contribution in [0.15, 0.2) is 6.07 Å². The number of aromatic nitrogens is 1. The molecule has 88 valence electrons. The van der Waals surface area contributed by atoms with Crippen LogP contribution in [0.2, 0.25) is 0 Å². The van der Waals surface area contributed by atoms with Crippen LogP contribution in [0.4, 0.5) is 20.4 Å². The highest BCUT2D eigenvalue weighted by Gasteiger charge is 2.27. The zero-order chi connectivity index (χ0) is 11.7. The average Bonchev–Trinajstić information content (AvgIpc) is 2.71. The van der Waals surface area contributed by atoms with Crippen molar-refractivity contribution in [3.8, 4) is 0 Å². The fraction of sp³-hybridized carbons (Fsp3) is 0.500. The Morgan fingerprint density at radius 1 is 1.50 bits per heavy atom. The number of hydrogen-bond acceptors (Lipinski definition) is 4. The van der Waals surface area contributed by atoms with Crippen molar-refractivity contribution in [2.45, 2.75) is 18.9 Å². The largest absolute Gasteiger partial charge is 0.394 e. The van der Waals surface area contributed by atoms with Crippen molar-refractivity contribution in [1.29, 1.82) is 0 Å². The van der Waals surface area contributed by atoms with Gasteiger partial charge in [0.15, 0.2) is 23.3 Å². The van der Waals surface area contributed by atoms with E-state index in [4.69, 9.17) is 10.8 Å². The van der Waals surface area contributed by atoms with Crippen LogP contribution in [0, 0.1) is 11.6 Å². The summed E-state index contributed by atoms with van der Waals surface area (Å²) in [6, 6.07) is 0.566. The minimum atomic E-state index is -0.860. The van der Waals surface area contributed by atoms with E-state index in [0.29, 0.717) is 6.54 Å². The summed E-state index contributed by atoms with van der Waals surface area (Å²) in [5.74, 6) is -1.90. The predicted molar refractivity (Wildman–Crippen MR) is 56.0 cm³/mol. The van der Waals surface area contributed by atoms with Crippen LogP contribution in [-0.2, 0) is 0 Å². The highest BCUT2D eigenvalue weighted by Crippen LogP contribution is 2.27. The Balaban J connectivity index is 2.36. The molecule has 4 nitrogen and oxygen atoms in total. The van der Waals surface area contributed by atoms with Gasteiger partial charge in [-0.25, -0.2) is 13.8 Å². The summed E-state index contributed by atoms with van der Waals surface area (Å²) < 4.78 is 26.4. The lowest BCUT2D eigenvalue weighted by Crippen LogP contribution is -2.33. The predicted octanol–water partition coefficient (Wildman–Crippen LogP) is 0.903. The van der Waals surface area contributed by atoms with Gasteiger partial charge in [0.2, 0.25) is 0 Å². The quantitative estimate of drug-likeness (QED) is 0.791. The van der Waals surface area contributed by atoms with E-state index in [1.807, 2.05) is 0 Å². The molecule has 0 aromatic carbocycles. The Hall–Kier alpha value is -1.43. The van der Waals surface area contributed by atoms with Gasteiger partial charge in [0.25, 0.3) is 0 Å². The van der Waals surface area contributed by atoms with Gasteiger partial charge in [-0.05, 0) is 12.8 Å². The zero-order valence-electron chi connectivity index (χ0n) is 8.66. The van der Waals surface area contributed by atoms with E-state index >= 15 is 0 Å². The van der Waals surface area contributed by atoms with Crippen LogP contribution in [0.3, 0.4) is 0 Å². The molecule has 16 heavy (non-hydrogen) atoms. The zero-order valence-corrected chi connectivity index (χ0v) is 8.66. The molecule has 2 heterocycles. The van der Waals surface area contributed by atoms with Crippen molar-refractivity contribution < 1.29 is 13.9 Å². The molecule has 0 radical (unpaired) electrons. The summed E-state index contributed by atoms with van der Waals surface area (Å²) in [4.78, 5) is 5.33. The summed E-state index contributed by atoms with van der Waals surface area (Å²) in [5.41, 5.74) is 5.30. The molecular weight excluding hydrogens is 216 g/mol. The average molecular weight is 229 g/mol. The van der Waals surface area contributed by atoms with Gasteiger partial charge in [-0.1, -0.05) is 0 Å². The Morgan fingerprint density at radius 2 is 2.25 bits per heavy atom. The first-order valence-corrected chi connectivity index (χ1v) is 5.12. The van der Waals surface area contributed by atoms with E-state index in [1.54, 1.807) is 4.90 Å². The van der Waals surface area contributed by atoms with Gasteiger partial charge < -0.3 is 15.7 Å². The molecular formula is C10H13F2N3O. The molecule has 0 bridgehead atoms. The highest BCUT2D eigenvalue weighted by atomic mass is 19.1. The molecule has 1 saturated heterocycles. The molecule has 0 saturated carbocycles. The third-order valence-corrected chi connectivity index (χ3v) is 2.80. The van der Waals surface area contributed by atoms with Crippen LogP contribution in [0.1, 0.15) is 12.8 Å². The smallest absolute Gasteiger partial charge is 0.168 e. The Morgan fingerprint density at radius 3 is 2.94 bits per heavy atom. The van der Waals surface area contributed by atoms with Crippen LogP contribution in [0.25, 0.3) is 0 Å². The first kappa shape index (κ1) is 11.1. The summed E-state index contributed by atoms with van der Waals surface area (Å²) >= 11 is 0. The molecule has 6 heteroatoms. The SMILES string of the molecule is Nc1nc(N2CCCC2CO)c(F)cc1F. The molecule has 1 aliphatic heterocycles. The van der Waals surface area contributed by atoms with Crippen LogP contribution in [-0.4, -0.2) is 29.3 Å². The van der Waals surface area contributed by atoms with E-state index in [1.165, 1.54) is 0 Å². The second-order valence-corrected chi connectivity index (χ2v) is 3.83. The molecule has 1 fully saturated rings. The van der Waals surface area contributed by atoms with Crippen molar-refractivity contribution in [2.24, 2.45) is 0 Å². The fourth-order valence-electron chi connectivity index (χ4n) is 1.98. The number of pyridine rings is 1. The Bertz CT molecular complexity index is 400. The molecule has 1 unspecified atom stereocenters. The normalized spacial score (nSPS) is 20.4. The van der Waals surface area contributed by atoms with Gasteiger partial charge in [0.05, 0.1) is 12.6 Å². The lowest BCUT2D eigenvalue weighted by atomic mass is 10.2. The van der Waals surface area contributed by atoms with E-state index in [2.05, 4.69) is 4.98 Å². The topological polar surface area (TPSA) is 62.4 Å². The molecule has 2 rings (SSSR count). The van der Waals surface area contributed by atoms with E-state index in [9.17, 15) is 8.78 Å². The molecule has 0 spiro atoms. The third-order valence-electron chi connectivity index (χ3n) is 2.80. The van der Waals surface area contributed by atoms with Crippen molar-refractivity contribution in [2.75, 3.05) is 23.8 Å². The molecule has 1 atom stereocenters. The second-order valence-electron chi connectivity index (χ2n) is 3.83.